The summed E-state index contributed by atoms with van der Waals surface area (Å²) in [6.45, 7) is 1.11. The highest BCUT2D eigenvalue weighted by Crippen LogP contribution is 2.19. The molecule has 0 radical (unpaired) electrons. The van der Waals surface area contributed by atoms with Crippen LogP contribution in [-0.4, -0.2) is 41.1 Å². The molecule has 6 nitrogen and oxygen atoms in total. The molecule has 0 saturated carbocycles. The van der Waals surface area contributed by atoms with Crippen LogP contribution in [-0.2, 0) is 6.54 Å². The summed E-state index contributed by atoms with van der Waals surface area (Å²) >= 11 is 2.24. The Morgan fingerprint density at radius 3 is 2.95 bits per heavy atom. The lowest BCUT2D eigenvalue weighted by Crippen LogP contribution is -2.36. The van der Waals surface area contributed by atoms with Gasteiger partial charge < -0.3 is 20.5 Å². The Hall–Kier alpha value is -1.51. The third-order valence-electron chi connectivity index (χ3n) is 2.76. The molecule has 0 unspecified atom stereocenters. The molecule has 0 saturated heterocycles. The van der Waals surface area contributed by atoms with Crippen molar-refractivity contribution >= 4 is 45.6 Å². The highest BCUT2D eigenvalue weighted by atomic mass is 127. The van der Waals surface area contributed by atoms with Crippen LogP contribution in [0.3, 0.4) is 0 Å². The summed E-state index contributed by atoms with van der Waals surface area (Å²) in [5, 5.41) is 2.81. The van der Waals surface area contributed by atoms with Crippen LogP contribution in [0, 0.1) is 3.57 Å². The molecular formula is C12H16IN5O. The number of halogens is 1. The lowest BCUT2D eigenvalue weighted by atomic mass is 10.3. The van der Waals surface area contributed by atoms with E-state index in [0.29, 0.717) is 19.0 Å². The van der Waals surface area contributed by atoms with Crippen molar-refractivity contribution in [2.75, 3.05) is 26.4 Å². The number of hydrogen-bond donors (Lipinski definition) is 2. The molecule has 0 aliphatic heterocycles. The van der Waals surface area contributed by atoms with Gasteiger partial charge in [-0.2, -0.15) is 0 Å². The van der Waals surface area contributed by atoms with Crippen LogP contribution < -0.4 is 11.1 Å². The fraction of sp³-hybridized carbons (Fsp3) is 0.333. The average Bonchev–Trinajstić information content (AvgIpc) is 2.64. The number of benzene rings is 1. The van der Waals surface area contributed by atoms with Gasteiger partial charge in [0, 0.05) is 30.8 Å². The van der Waals surface area contributed by atoms with E-state index in [1.54, 1.807) is 14.1 Å². The molecule has 0 bridgehead atoms. The molecule has 0 aliphatic carbocycles. The monoisotopic (exact) mass is 373 g/mol. The minimum absolute atomic E-state index is 0.113. The van der Waals surface area contributed by atoms with Crippen molar-refractivity contribution in [2.45, 2.75) is 6.54 Å². The van der Waals surface area contributed by atoms with Crippen molar-refractivity contribution in [3.8, 4) is 0 Å². The number of anilines is 1. The summed E-state index contributed by atoms with van der Waals surface area (Å²) < 4.78 is 3.03. The zero-order valence-corrected chi connectivity index (χ0v) is 13.0. The van der Waals surface area contributed by atoms with Gasteiger partial charge in [-0.15, -0.1) is 0 Å². The molecule has 0 atom stereocenters. The van der Waals surface area contributed by atoms with Crippen molar-refractivity contribution < 1.29 is 4.79 Å². The molecule has 1 heterocycles. The van der Waals surface area contributed by atoms with Crippen LogP contribution in [0.4, 0.5) is 10.7 Å². The standard InChI is InChI=1S/C12H16IN5O/c1-17(2)12(19)15-5-6-18-10-4-3-8(13)7-9(10)16-11(18)14/h3-4,7H,5-6H2,1-2H3,(H2,14,16)(H,15,19). The molecule has 0 spiro atoms. The summed E-state index contributed by atoms with van der Waals surface area (Å²) in [7, 11) is 3.41. The van der Waals surface area contributed by atoms with Crippen LogP contribution in [0.15, 0.2) is 18.2 Å². The Morgan fingerprint density at radius 2 is 2.26 bits per heavy atom. The number of rotatable bonds is 3. The first kappa shape index (κ1) is 13.9. The summed E-state index contributed by atoms with van der Waals surface area (Å²) in [5.74, 6) is 0.469. The first-order chi connectivity index (χ1) is 8.99. The van der Waals surface area contributed by atoms with Crippen molar-refractivity contribution in [3.05, 3.63) is 21.8 Å². The van der Waals surface area contributed by atoms with Crippen molar-refractivity contribution in [3.63, 3.8) is 0 Å². The minimum atomic E-state index is -0.113. The number of nitrogen functional groups attached to an aromatic ring is 1. The number of fused-ring (bicyclic) bond motifs is 1. The van der Waals surface area contributed by atoms with E-state index in [1.165, 1.54) is 4.90 Å². The minimum Gasteiger partial charge on any atom is -0.369 e. The van der Waals surface area contributed by atoms with Gasteiger partial charge in [0.25, 0.3) is 0 Å². The second kappa shape index (κ2) is 5.64. The quantitative estimate of drug-likeness (QED) is 0.801. The maximum Gasteiger partial charge on any atom is 0.316 e. The zero-order chi connectivity index (χ0) is 14.0. The average molecular weight is 373 g/mol. The van der Waals surface area contributed by atoms with Gasteiger partial charge in [-0.3, -0.25) is 0 Å². The first-order valence-corrected chi connectivity index (χ1v) is 6.93. The number of nitrogens with zero attached hydrogens (tertiary/aromatic N) is 3. The molecule has 3 N–H and O–H groups in total. The molecule has 19 heavy (non-hydrogen) atoms. The predicted molar refractivity (Wildman–Crippen MR) is 83.9 cm³/mol. The van der Waals surface area contributed by atoms with E-state index < -0.39 is 0 Å². The Labute approximate surface area is 125 Å². The van der Waals surface area contributed by atoms with E-state index in [-0.39, 0.29) is 6.03 Å². The van der Waals surface area contributed by atoms with E-state index in [4.69, 9.17) is 5.73 Å². The van der Waals surface area contributed by atoms with Crippen LogP contribution in [0.5, 0.6) is 0 Å². The molecule has 7 heteroatoms. The van der Waals surface area contributed by atoms with E-state index >= 15 is 0 Å². The number of hydrogen-bond acceptors (Lipinski definition) is 3. The second-order valence-electron chi connectivity index (χ2n) is 4.38. The van der Waals surface area contributed by atoms with Crippen LogP contribution >= 0.6 is 22.6 Å². The van der Waals surface area contributed by atoms with Crippen molar-refractivity contribution in [1.29, 1.82) is 0 Å². The molecule has 1 aromatic carbocycles. The second-order valence-corrected chi connectivity index (χ2v) is 5.63. The van der Waals surface area contributed by atoms with Crippen molar-refractivity contribution in [1.82, 2.24) is 19.8 Å². The fourth-order valence-corrected chi connectivity index (χ4v) is 2.26. The number of nitrogens with two attached hydrogens (primary N) is 1. The molecule has 0 fully saturated rings. The molecule has 2 aromatic rings. The topological polar surface area (TPSA) is 76.2 Å². The lowest BCUT2D eigenvalue weighted by Gasteiger charge is -2.12. The maximum absolute atomic E-state index is 11.4. The van der Waals surface area contributed by atoms with Gasteiger partial charge in [0.15, 0.2) is 0 Å². The van der Waals surface area contributed by atoms with Crippen LogP contribution in [0.2, 0.25) is 0 Å². The molecule has 1 aromatic heterocycles. The third kappa shape index (κ3) is 3.09. The fourth-order valence-electron chi connectivity index (χ4n) is 1.79. The molecule has 2 amide bonds. The zero-order valence-electron chi connectivity index (χ0n) is 10.9. The highest BCUT2D eigenvalue weighted by Gasteiger charge is 2.09. The summed E-state index contributed by atoms with van der Waals surface area (Å²) in [6.07, 6.45) is 0. The number of carbonyl (C=O) groups excluding carboxylic acids is 1. The number of nitrogens with one attached hydrogen (secondary N) is 1. The number of amides is 2. The molecule has 102 valence electrons. The summed E-state index contributed by atoms with van der Waals surface area (Å²) in [5.41, 5.74) is 7.77. The van der Waals surface area contributed by atoms with Gasteiger partial charge in [0.2, 0.25) is 5.95 Å². The van der Waals surface area contributed by atoms with Gasteiger partial charge in [0.05, 0.1) is 11.0 Å². The summed E-state index contributed by atoms with van der Waals surface area (Å²) in [6, 6.07) is 5.88. The smallest absolute Gasteiger partial charge is 0.316 e. The molecule has 0 aliphatic rings. The highest BCUT2D eigenvalue weighted by molar-refractivity contribution is 14.1. The van der Waals surface area contributed by atoms with Crippen LogP contribution in [0.1, 0.15) is 0 Å². The normalized spacial score (nSPS) is 10.7. The SMILES string of the molecule is CN(C)C(=O)NCCn1c(N)nc2cc(I)ccc21. The van der Waals surface area contributed by atoms with Gasteiger partial charge in [0.1, 0.15) is 0 Å². The van der Waals surface area contributed by atoms with Crippen molar-refractivity contribution in [2.24, 2.45) is 0 Å². The van der Waals surface area contributed by atoms with Crippen LogP contribution in [0.25, 0.3) is 11.0 Å². The Morgan fingerprint density at radius 1 is 1.53 bits per heavy atom. The number of aromatic nitrogens is 2. The number of urea groups is 1. The number of imidazole rings is 1. The largest absolute Gasteiger partial charge is 0.369 e. The lowest BCUT2D eigenvalue weighted by molar-refractivity contribution is 0.217. The van der Waals surface area contributed by atoms with E-state index in [0.717, 1.165) is 14.6 Å². The molecular weight excluding hydrogens is 357 g/mol. The number of carbonyl (C=O) groups is 1. The van der Waals surface area contributed by atoms with E-state index in [9.17, 15) is 4.79 Å². The van der Waals surface area contributed by atoms with E-state index in [2.05, 4.69) is 32.9 Å². The third-order valence-corrected chi connectivity index (χ3v) is 3.43. The Kier molecular flexibility index (Phi) is 4.13. The van der Waals surface area contributed by atoms with E-state index in [1.807, 2.05) is 22.8 Å². The summed E-state index contributed by atoms with van der Waals surface area (Å²) in [4.78, 5) is 17.2. The van der Waals surface area contributed by atoms with Gasteiger partial charge >= 0.3 is 6.03 Å². The predicted octanol–water partition coefficient (Wildman–Crippen LogP) is 1.49. The van der Waals surface area contributed by atoms with Gasteiger partial charge in [-0.1, -0.05) is 0 Å². The molecule has 2 rings (SSSR count). The van der Waals surface area contributed by atoms with Gasteiger partial charge in [-0.25, -0.2) is 9.78 Å². The first-order valence-electron chi connectivity index (χ1n) is 5.85. The maximum atomic E-state index is 11.4. The van der Waals surface area contributed by atoms with Gasteiger partial charge in [-0.05, 0) is 40.8 Å². The Balaban J connectivity index is 2.12. The Bertz CT molecular complexity index is 607.